The molecule has 2 aromatic carbocycles. The van der Waals surface area contributed by atoms with Crippen LogP contribution in [0, 0.1) is 15.9 Å². The van der Waals surface area contributed by atoms with Crippen LogP contribution < -0.4 is 5.43 Å². The molecule has 0 aliphatic carbocycles. The van der Waals surface area contributed by atoms with E-state index in [0.717, 1.165) is 6.07 Å². The van der Waals surface area contributed by atoms with E-state index >= 15 is 0 Å². The van der Waals surface area contributed by atoms with E-state index in [4.69, 9.17) is 11.6 Å². The van der Waals surface area contributed by atoms with Crippen LogP contribution in [0.1, 0.15) is 22.8 Å². The summed E-state index contributed by atoms with van der Waals surface area (Å²) in [5.74, 6) is -1.38. The number of hydrogen-bond acceptors (Lipinski definition) is 4. The summed E-state index contributed by atoms with van der Waals surface area (Å²) in [6.07, 6.45) is 0. The maximum absolute atomic E-state index is 13.5. The second kappa shape index (κ2) is 6.97. The Morgan fingerprint density at radius 2 is 2.00 bits per heavy atom. The van der Waals surface area contributed by atoms with Crippen molar-refractivity contribution >= 4 is 28.9 Å². The van der Waals surface area contributed by atoms with Crippen LogP contribution in [0.25, 0.3) is 0 Å². The van der Waals surface area contributed by atoms with Crippen molar-refractivity contribution < 1.29 is 14.1 Å². The Balaban J connectivity index is 2.21. The van der Waals surface area contributed by atoms with Gasteiger partial charge in [-0.1, -0.05) is 29.8 Å². The molecule has 0 saturated carbocycles. The number of nitro groups is 1. The van der Waals surface area contributed by atoms with Gasteiger partial charge in [0.25, 0.3) is 11.6 Å². The number of halogens is 2. The fourth-order valence-corrected chi connectivity index (χ4v) is 1.97. The van der Waals surface area contributed by atoms with Gasteiger partial charge in [0.05, 0.1) is 16.2 Å². The maximum Gasteiger partial charge on any atom is 0.288 e. The van der Waals surface area contributed by atoms with E-state index in [1.54, 1.807) is 6.92 Å². The standard InChI is InChI=1S/C15H11ClFN3O3/c1-9(10-6-7-12(16)14(8-10)20(22)23)18-19-15(21)11-4-2-3-5-13(11)17/h2-8H,1H3,(H,19,21)/b18-9+. The minimum atomic E-state index is -0.717. The molecule has 1 N–H and O–H groups in total. The number of nitrogens with one attached hydrogen (secondary N) is 1. The highest BCUT2D eigenvalue weighted by molar-refractivity contribution is 6.32. The fourth-order valence-electron chi connectivity index (χ4n) is 1.78. The van der Waals surface area contributed by atoms with Gasteiger partial charge in [-0.05, 0) is 25.1 Å². The molecule has 0 aliphatic heterocycles. The molecule has 0 aliphatic rings. The quantitative estimate of drug-likeness (QED) is 0.527. The molecule has 0 unspecified atom stereocenters. The first-order valence-electron chi connectivity index (χ1n) is 6.43. The maximum atomic E-state index is 13.5. The number of nitrogens with zero attached hydrogens (tertiary/aromatic N) is 2. The van der Waals surface area contributed by atoms with Gasteiger partial charge in [-0.3, -0.25) is 14.9 Å². The van der Waals surface area contributed by atoms with Crippen molar-refractivity contribution in [1.82, 2.24) is 5.43 Å². The van der Waals surface area contributed by atoms with Crippen LogP contribution in [0.3, 0.4) is 0 Å². The first-order valence-corrected chi connectivity index (χ1v) is 6.81. The summed E-state index contributed by atoms with van der Waals surface area (Å²) < 4.78 is 13.5. The van der Waals surface area contributed by atoms with Crippen molar-refractivity contribution in [1.29, 1.82) is 0 Å². The van der Waals surface area contributed by atoms with Gasteiger partial charge in [0.2, 0.25) is 0 Å². The summed E-state index contributed by atoms with van der Waals surface area (Å²) in [6.45, 7) is 1.55. The Hall–Kier alpha value is -2.80. The minimum absolute atomic E-state index is 0.00180. The Morgan fingerprint density at radius 1 is 1.30 bits per heavy atom. The molecule has 0 saturated heterocycles. The number of nitro benzene ring substituents is 1. The Bertz CT molecular complexity index is 808. The summed E-state index contributed by atoms with van der Waals surface area (Å²) >= 11 is 5.73. The van der Waals surface area contributed by atoms with Crippen LogP contribution >= 0.6 is 11.6 Å². The number of rotatable bonds is 4. The molecular formula is C15H11ClFN3O3. The van der Waals surface area contributed by atoms with Crippen LogP contribution in [-0.4, -0.2) is 16.5 Å². The molecule has 118 valence electrons. The van der Waals surface area contributed by atoms with Crippen LogP contribution in [0.2, 0.25) is 5.02 Å². The van der Waals surface area contributed by atoms with E-state index < -0.39 is 16.6 Å². The van der Waals surface area contributed by atoms with E-state index in [2.05, 4.69) is 10.5 Å². The van der Waals surface area contributed by atoms with Crippen molar-refractivity contribution in [2.24, 2.45) is 5.10 Å². The molecule has 6 nitrogen and oxygen atoms in total. The third-order valence-electron chi connectivity index (χ3n) is 3.00. The molecule has 0 bridgehead atoms. The van der Waals surface area contributed by atoms with Crippen LogP contribution in [-0.2, 0) is 0 Å². The van der Waals surface area contributed by atoms with Gasteiger partial charge >= 0.3 is 0 Å². The third-order valence-corrected chi connectivity index (χ3v) is 3.32. The molecule has 1 amide bonds. The van der Waals surface area contributed by atoms with Gasteiger partial charge in [-0.15, -0.1) is 0 Å². The van der Waals surface area contributed by atoms with Gasteiger partial charge in [0, 0.05) is 11.6 Å². The highest BCUT2D eigenvalue weighted by atomic mass is 35.5. The number of hydrogen-bond donors (Lipinski definition) is 1. The van der Waals surface area contributed by atoms with Crippen LogP contribution in [0.15, 0.2) is 47.6 Å². The number of benzene rings is 2. The highest BCUT2D eigenvalue weighted by Gasteiger charge is 2.14. The number of amides is 1. The molecule has 0 heterocycles. The lowest BCUT2D eigenvalue weighted by Gasteiger charge is -2.04. The average Bonchev–Trinajstić information content (AvgIpc) is 2.52. The molecule has 2 rings (SSSR count). The van der Waals surface area contributed by atoms with Crippen molar-refractivity contribution in [2.45, 2.75) is 6.92 Å². The second-order valence-corrected chi connectivity index (χ2v) is 4.95. The van der Waals surface area contributed by atoms with Gasteiger partial charge in [0.15, 0.2) is 0 Å². The first-order chi connectivity index (χ1) is 10.9. The Morgan fingerprint density at radius 3 is 2.65 bits per heavy atom. The lowest BCUT2D eigenvalue weighted by molar-refractivity contribution is -0.384. The average molecular weight is 336 g/mol. The summed E-state index contributed by atoms with van der Waals surface area (Å²) in [6, 6.07) is 9.62. The summed E-state index contributed by atoms with van der Waals surface area (Å²) in [7, 11) is 0. The Kier molecular flexibility index (Phi) is 5.02. The molecule has 8 heteroatoms. The van der Waals surface area contributed by atoms with E-state index in [-0.39, 0.29) is 16.3 Å². The first kappa shape index (κ1) is 16.6. The molecule has 2 aromatic rings. The summed E-state index contributed by atoms with van der Waals surface area (Å²) in [5, 5.41) is 14.7. The SMILES string of the molecule is C/C(=N\NC(=O)c1ccccc1F)c1ccc(Cl)c([N+](=O)[O-])c1. The van der Waals surface area contributed by atoms with Crippen LogP contribution in [0.4, 0.5) is 10.1 Å². The number of carbonyl (C=O) groups excluding carboxylic acids is 1. The van der Waals surface area contributed by atoms with Crippen molar-refractivity contribution in [3.8, 4) is 0 Å². The van der Waals surface area contributed by atoms with Crippen molar-refractivity contribution in [3.05, 3.63) is 74.5 Å². The molecule has 0 radical (unpaired) electrons. The molecule has 0 aromatic heterocycles. The largest absolute Gasteiger partial charge is 0.288 e. The lowest BCUT2D eigenvalue weighted by Crippen LogP contribution is -2.20. The van der Waals surface area contributed by atoms with Crippen molar-refractivity contribution in [3.63, 3.8) is 0 Å². The molecular weight excluding hydrogens is 325 g/mol. The number of hydrazone groups is 1. The Labute approximate surface area is 135 Å². The van der Waals surface area contributed by atoms with Gasteiger partial charge < -0.3 is 0 Å². The zero-order chi connectivity index (χ0) is 17.0. The summed E-state index contributed by atoms with van der Waals surface area (Å²) in [4.78, 5) is 22.1. The fraction of sp³-hybridized carbons (Fsp3) is 0.0667. The highest BCUT2D eigenvalue weighted by Crippen LogP contribution is 2.25. The normalized spacial score (nSPS) is 11.2. The zero-order valence-corrected chi connectivity index (χ0v) is 12.7. The smallest absolute Gasteiger partial charge is 0.267 e. The number of carbonyl (C=O) groups is 1. The predicted molar refractivity (Wildman–Crippen MR) is 84.2 cm³/mol. The van der Waals surface area contributed by atoms with Gasteiger partial charge in [-0.2, -0.15) is 5.10 Å². The molecule has 0 fully saturated rings. The van der Waals surface area contributed by atoms with E-state index in [9.17, 15) is 19.3 Å². The van der Waals surface area contributed by atoms with Crippen LogP contribution in [0.5, 0.6) is 0 Å². The molecule has 0 spiro atoms. The molecule has 23 heavy (non-hydrogen) atoms. The van der Waals surface area contributed by atoms with Crippen molar-refractivity contribution in [2.75, 3.05) is 0 Å². The molecule has 0 atom stereocenters. The predicted octanol–water partition coefficient (Wildman–Crippen LogP) is 3.54. The van der Waals surface area contributed by atoms with E-state index in [1.807, 2.05) is 0 Å². The van der Waals surface area contributed by atoms with E-state index in [0.29, 0.717) is 11.3 Å². The van der Waals surface area contributed by atoms with E-state index in [1.165, 1.54) is 36.4 Å². The second-order valence-electron chi connectivity index (χ2n) is 4.54. The van der Waals surface area contributed by atoms with Gasteiger partial charge in [-0.25, -0.2) is 9.82 Å². The van der Waals surface area contributed by atoms with Gasteiger partial charge in [0.1, 0.15) is 10.8 Å². The minimum Gasteiger partial charge on any atom is -0.267 e. The lowest BCUT2D eigenvalue weighted by atomic mass is 10.1. The third kappa shape index (κ3) is 3.89. The monoisotopic (exact) mass is 335 g/mol. The topological polar surface area (TPSA) is 84.6 Å². The zero-order valence-electron chi connectivity index (χ0n) is 11.9. The summed E-state index contributed by atoms with van der Waals surface area (Å²) in [5.41, 5.74) is 2.52.